The molecule has 4 aliphatic heterocycles. The van der Waals surface area contributed by atoms with E-state index in [0.717, 1.165) is 124 Å². The monoisotopic (exact) mass is 1330 g/mol. The molecular formula is C71H82N12O12S. The summed E-state index contributed by atoms with van der Waals surface area (Å²) < 4.78 is 42.1. The summed E-state index contributed by atoms with van der Waals surface area (Å²) in [6.45, 7) is 12.7. The highest BCUT2D eigenvalue weighted by atomic mass is 32.2. The van der Waals surface area contributed by atoms with Crippen LogP contribution in [0.15, 0.2) is 122 Å². The maximum Gasteiger partial charge on any atom is 0.287 e. The van der Waals surface area contributed by atoms with Gasteiger partial charge < -0.3 is 48.8 Å². The van der Waals surface area contributed by atoms with Crippen molar-refractivity contribution in [2.45, 2.75) is 115 Å². The lowest BCUT2D eigenvalue weighted by atomic mass is 9.90. The van der Waals surface area contributed by atoms with Crippen LogP contribution in [0.4, 0.5) is 0 Å². The van der Waals surface area contributed by atoms with E-state index in [9.17, 15) is 42.0 Å². The molecule has 7 aromatic heterocycles. The third kappa shape index (κ3) is 14.3. The zero-order chi connectivity index (χ0) is 67.1. The van der Waals surface area contributed by atoms with E-state index in [2.05, 4.69) is 36.0 Å². The molecule has 4 saturated heterocycles. The molecule has 11 heterocycles. The van der Waals surface area contributed by atoms with Gasteiger partial charge in [-0.1, -0.05) is 12.1 Å². The number of likely N-dealkylation sites (tertiary alicyclic amines) is 4. The second-order valence-corrected chi connectivity index (χ2v) is 29.6. The average molecular weight is 1330 g/mol. The van der Waals surface area contributed by atoms with Gasteiger partial charge in [0.15, 0.2) is 43.9 Å². The first-order valence-electron chi connectivity index (χ1n) is 33.4. The summed E-state index contributed by atoms with van der Waals surface area (Å²) in [5, 5.41) is 16.0. The number of hydrogen-bond acceptors (Lipinski definition) is 16. The van der Waals surface area contributed by atoms with Gasteiger partial charge in [-0.05, 0) is 179 Å². The number of fused-ring (bicyclic) bond motifs is 3. The molecule has 0 radical (unpaired) electrons. The quantitative estimate of drug-likeness (QED) is 0.0884. The molecule has 24 nitrogen and oxygen atoms in total. The van der Waals surface area contributed by atoms with Gasteiger partial charge in [-0.25, -0.2) is 8.42 Å². The summed E-state index contributed by atoms with van der Waals surface area (Å²) in [7, 11) is -3.30. The highest BCUT2D eigenvalue weighted by molar-refractivity contribution is 7.90. The molecule has 1 aromatic carbocycles. The Labute approximate surface area is 556 Å². The number of carbonyl (C=O) groups is 7. The molecule has 4 unspecified atom stereocenters. The highest BCUT2D eigenvalue weighted by Gasteiger charge is 2.57. The molecule has 3 saturated carbocycles. The van der Waals surface area contributed by atoms with Gasteiger partial charge in [0.25, 0.3) is 17.7 Å². The number of nitrogens with zero attached hydrogens (tertiary/aromatic N) is 9. The number of nitrogens with one attached hydrogen (secondary N) is 3. The molecule has 7 amide bonds. The number of sulfone groups is 1. The summed E-state index contributed by atoms with van der Waals surface area (Å²) in [4.78, 5) is 107. The standard InChI is InChI=1S/C25H27N3O5S.C23H27N5O3.C23H28N4O4/c1-34(31,32)20-4-2-3-17(11-20)12-23(29)28-9-6-25(7-10-28)14-19(25)15-27-24(30)21-13-18-5-8-26-16-22(18)33-21;1-15-9-16(2)28(26-15)14-21(29)27-7-4-23(5-8-27)11-18(23)12-25-22(30)19-10-17-3-6-24-13-20(17)31-19;1-15(28)27-8-2-3-18(27)22(30)26-9-5-23(6-10-26)12-17(23)13-25-21(29)19-11-16-4-7-24-14-20(16)31-19/h2-5,8,11,13,16,19H,6-7,9-10,12,14-15H2,1H3,(H,27,30);3,6,9-10,13,18H,4-5,7-8,11-12,14H2,1-2H3,(H,25,30);4,7,11,14,17-18H,2-3,5-6,8-10,12-13H2,1H3,(H,25,29). The summed E-state index contributed by atoms with van der Waals surface area (Å²) in [5.41, 5.74) is 5.17. The summed E-state index contributed by atoms with van der Waals surface area (Å²) in [6, 6.07) is 19.0. The number of hydrogen-bond donors (Lipinski definition) is 3. The molecule has 504 valence electrons. The number of aromatic nitrogens is 5. The van der Waals surface area contributed by atoms with Crippen molar-refractivity contribution < 1.29 is 55.2 Å². The molecule has 15 rings (SSSR count). The molecule has 7 fully saturated rings. The molecule has 25 heteroatoms. The second kappa shape index (κ2) is 26.7. The summed E-state index contributed by atoms with van der Waals surface area (Å²) in [5.74, 6) is 1.88. The number of piperidine rings is 3. The van der Waals surface area contributed by atoms with Crippen molar-refractivity contribution in [1.82, 2.24) is 60.3 Å². The fourth-order valence-electron chi connectivity index (χ4n) is 15.3. The number of benzene rings is 1. The molecular weight excluding hydrogens is 1240 g/mol. The first kappa shape index (κ1) is 65.4. The van der Waals surface area contributed by atoms with Crippen LogP contribution in [0.1, 0.15) is 126 Å². The predicted octanol–water partition coefficient (Wildman–Crippen LogP) is 7.73. The van der Waals surface area contributed by atoms with Crippen molar-refractivity contribution >= 4 is 84.1 Å². The van der Waals surface area contributed by atoms with Crippen molar-refractivity contribution in [2.24, 2.45) is 34.0 Å². The normalized spacial score (nSPS) is 21.1. The third-order valence-corrected chi connectivity index (χ3v) is 22.7. The van der Waals surface area contributed by atoms with E-state index in [1.54, 1.807) is 96.2 Å². The smallest absolute Gasteiger partial charge is 0.287 e. The van der Waals surface area contributed by atoms with E-state index < -0.39 is 9.84 Å². The maximum atomic E-state index is 12.9. The maximum absolute atomic E-state index is 12.9. The summed E-state index contributed by atoms with van der Waals surface area (Å²) >= 11 is 0. The molecule has 3 aliphatic carbocycles. The molecule has 3 N–H and O–H groups in total. The van der Waals surface area contributed by atoms with Crippen LogP contribution in [0.3, 0.4) is 0 Å². The number of furan rings is 3. The Kier molecular flexibility index (Phi) is 18.2. The Morgan fingerprint density at radius 3 is 1.41 bits per heavy atom. The first-order valence-corrected chi connectivity index (χ1v) is 35.3. The van der Waals surface area contributed by atoms with Crippen LogP contribution in [0, 0.1) is 47.8 Å². The number of amides is 7. The lowest BCUT2D eigenvalue weighted by molar-refractivity contribution is -0.144. The number of rotatable bonds is 15. The van der Waals surface area contributed by atoms with Crippen LogP contribution in [-0.2, 0) is 42.0 Å². The third-order valence-electron chi connectivity index (χ3n) is 21.6. The van der Waals surface area contributed by atoms with E-state index in [0.29, 0.717) is 97.4 Å². The zero-order valence-electron chi connectivity index (χ0n) is 54.7. The Hall–Kier alpha value is -9.26. The molecule has 96 heavy (non-hydrogen) atoms. The number of pyridine rings is 3. The molecule has 7 aliphatic rings. The minimum Gasteiger partial charge on any atom is -0.449 e. The zero-order valence-corrected chi connectivity index (χ0v) is 55.5. The minimum atomic E-state index is -3.30. The Bertz CT molecular complexity index is 4300. The first-order chi connectivity index (χ1) is 46.1. The van der Waals surface area contributed by atoms with E-state index in [-0.39, 0.29) is 80.7 Å². The number of carbonyl (C=O) groups excluding carboxylic acids is 7. The Morgan fingerprint density at radius 2 is 1.00 bits per heavy atom. The molecule has 3 spiro atoms. The van der Waals surface area contributed by atoms with Crippen molar-refractivity contribution in [2.75, 3.05) is 71.7 Å². The van der Waals surface area contributed by atoms with Gasteiger partial charge in [-0.3, -0.25) is 53.2 Å². The Morgan fingerprint density at radius 1 is 0.562 bits per heavy atom. The summed E-state index contributed by atoms with van der Waals surface area (Å²) in [6.07, 6.45) is 21.9. The largest absolute Gasteiger partial charge is 0.449 e. The molecule has 0 bridgehead atoms. The van der Waals surface area contributed by atoms with E-state index in [1.807, 2.05) is 52.8 Å². The van der Waals surface area contributed by atoms with Gasteiger partial charge in [-0.15, -0.1) is 0 Å². The number of aryl methyl sites for hydroxylation is 2. The van der Waals surface area contributed by atoms with Crippen molar-refractivity contribution in [3.05, 3.63) is 138 Å². The molecule has 8 aromatic rings. The van der Waals surface area contributed by atoms with Gasteiger partial charge in [0.05, 0.1) is 35.6 Å². The van der Waals surface area contributed by atoms with Crippen molar-refractivity contribution in [1.29, 1.82) is 0 Å². The lowest BCUT2D eigenvalue weighted by Crippen LogP contribution is -2.50. The van der Waals surface area contributed by atoms with Crippen LogP contribution in [0.25, 0.3) is 32.9 Å². The average Bonchev–Trinajstić information content (AvgIpc) is 1.60. The fourth-order valence-corrected chi connectivity index (χ4v) is 16.0. The van der Waals surface area contributed by atoms with Gasteiger partial charge in [-0.2, -0.15) is 5.10 Å². The fraction of sp³-hybridized carbons (Fsp3) is 0.479. The highest BCUT2D eigenvalue weighted by Crippen LogP contribution is 2.61. The van der Waals surface area contributed by atoms with Crippen LogP contribution >= 0.6 is 0 Å². The van der Waals surface area contributed by atoms with Crippen molar-refractivity contribution in [3.8, 4) is 0 Å². The molecule has 4 atom stereocenters. The minimum absolute atomic E-state index is 0.0111. The lowest BCUT2D eigenvalue weighted by Gasteiger charge is -2.36. The van der Waals surface area contributed by atoms with Crippen LogP contribution in [-0.4, -0.2) is 172 Å². The Balaban J connectivity index is 0.000000130. The van der Waals surface area contributed by atoms with E-state index in [1.165, 1.54) is 6.26 Å². The van der Waals surface area contributed by atoms with E-state index in [4.69, 9.17) is 13.3 Å². The van der Waals surface area contributed by atoms with Gasteiger partial charge in [0.2, 0.25) is 23.6 Å². The predicted molar refractivity (Wildman–Crippen MR) is 353 cm³/mol. The van der Waals surface area contributed by atoms with Crippen LogP contribution < -0.4 is 16.0 Å². The topological polar surface area (TPSA) is 299 Å². The van der Waals surface area contributed by atoms with Gasteiger partial charge in [0.1, 0.15) is 12.6 Å². The SMILES string of the molecule is CC(=O)N1CCCC1C(=O)N1CCC2(CC1)CC2CNC(=O)c1cc2ccncc2o1.CS(=O)(=O)c1cccc(CC(=O)N2CCC3(CC2)CC3CNC(=O)c2cc3ccncc3o2)c1.Cc1cc(C)n(CC(=O)N2CCC3(CC2)CC3CNC(=O)c2cc3ccncc3o2)n1. The van der Waals surface area contributed by atoms with Crippen LogP contribution in [0.2, 0.25) is 0 Å². The van der Waals surface area contributed by atoms with Crippen LogP contribution in [0.5, 0.6) is 0 Å². The van der Waals surface area contributed by atoms with Gasteiger partial charge >= 0.3 is 0 Å². The van der Waals surface area contributed by atoms with Gasteiger partial charge in [0, 0.05) is 119 Å². The van der Waals surface area contributed by atoms with Crippen molar-refractivity contribution in [3.63, 3.8) is 0 Å². The second-order valence-electron chi connectivity index (χ2n) is 27.6. The van der Waals surface area contributed by atoms with E-state index >= 15 is 0 Å².